The molecule has 1 atom stereocenters. The third-order valence-electron chi connectivity index (χ3n) is 4.28. The highest BCUT2D eigenvalue weighted by Crippen LogP contribution is 2.19. The molecular weight excluding hydrogens is 366 g/mol. The van der Waals surface area contributed by atoms with Crippen LogP contribution in [0.1, 0.15) is 6.92 Å². The molecular formula is C19H23N3O4S. The third-order valence-corrected chi connectivity index (χ3v) is 6.19. The van der Waals surface area contributed by atoms with Gasteiger partial charge in [0.1, 0.15) is 6.04 Å². The predicted molar refractivity (Wildman–Crippen MR) is 104 cm³/mol. The van der Waals surface area contributed by atoms with Crippen molar-refractivity contribution in [3.63, 3.8) is 0 Å². The number of benzene rings is 2. The van der Waals surface area contributed by atoms with Crippen LogP contribution < -0.4 is 10.6 Å². The van der Waals surface area contributed by atoms with Crippen molar-refractivity contribution in [1.82, 2.24) is 4.31 Å². The number of rotatable bonds is 6. The van der Waals surface area contributed by atoms with Gasteiger partial charge < -0.3 is 15.4 Å². The molecule has 1 aliphatic rings. The minimum atomic E-state index is -3.54. The fourth-order valence-electron chi connectivity index (χ4n) is 2.75. The summed E-state index contributed by atoms with van der Waals surface area (Å²) in [6, 6.07) is 15.2. The second-order valence-corrected chi connectivity index (χ2v) is 8.20. The molecule has 0 saturated carbocycles. The SMILES string of the molecule is C[C@@H](Nc1ccccc1)C(=O)Nc1ccc(S(=O)(=O)N2CCOCC2)cc1. The van der Waals surface area contributed by atoms with E-state index in [-0.39, 0.29) is 10.8 Å². The second-order valence-electron chi connectivity index (χ2n) is 6.26. The molecule has 0 unspecified atom stereocenters. The van der Waals surface area contributed by atoms with E-state index in [4.69, 9.17) is 4.74 Å². The first-order valence-corrected chi connectivity index (χ1v) is 10.2. The molecule has 27 heavy (non-hydrogen) atoms. The van der Waals surface area contributed by atoms with Crippen molar-refractivity contribution in [1.29, 1.82) is 0 Å². The summed E-state index contributed by atoms with van der Waals surface area (Å²) in [4.78, 5) is 12.5. The number of morpholine rings is 1. The van der Waals surface area contributed by atoms with Crippen LogP contribution in [-0.4, -0.2) is 51.0 Å². The number of carbonyl (C=O) groups excluding carboxylic acids is 1. The fraction of sp³-hybridized carbons (Fsp3) is 0.316. The summed E-state index contributed by atoms with van der Waals surface area (Å²) >= 11 is 0. The van der Waals surface area contributed by atoms with E-state index in [1.807, 2.05) is 30.3 Å². The average molecular weight is 389 g/mol. The van der Waals surface area contributed by atoms with Crippen LogP contribution >= 0.6 is 0 Å². The van der Waals surface area contributed by atoms with Crippen molar-refractivity contribution in [3.8, 4) is 0 Å². The number of sulfonamides is 1. The second kappa shape index (κ2) is 8.51. The largest absolute Gasteiger partial charge is 0.379 e. The van der Waals surface area contributed by atoms with E-state index >= 15 is 0 Å². The quantitative estimate of drug-likeness (QED) is 0.790. The Morgan fingerprint density at radius 2 is 1.63 bits per heavy atom. The molecule has 144 valence electrons. The van der Waals surface area contributed by atoms with E-state index in [2.05, 4.69) is 10.6 Å². The van der Waals surface area contributed by atoms with Crippen molar-refractivity contribution in [2.75, 3.05) is 36.9 Å². The molecule has 1 aliphatic heterocycles. The number of hydrogen-bond acceptors (Lipinski definition) is 5. The number of ether oxygens (including phenoxy) is 1. The van der Waals surface area contributed by atoms with Crippen molar-refractivity contribution < 1.29 is 17.9 Å². The lowest BCUT2D eigenvalue weighted by Crippen LogP contribution is -2.40. The summed E-state index contributed by atoms with van der Waals surface area (Å²) in [7, 11) is -3.54. The molecule has 1 amide bonds. The topological polar surface area (TPSA) is 87.7 Å². The Hall–Kier alpha value is -2.42. The minimum absolute atomic E-state index is 0.206. The molecule has 1 saturated heterocycles. The first-order valence-electron chi connectivity index (χ1n) is 8.77. The van der Waals surface area contributed by atoms with Gasteiger partial charge in [0.15, 0.2) is 0 Å². The zero-order valence-corrected chi connectivity index (χ0v) is 15.9. The zero-order chi connectivity index (χ0) is 19.3. The summed E-state index contributed by atoms with van der Waals surface area (Å²) in [6.07, 6.45) is 0. The summed E-state index contributed by atoms with van der Waals surface area (Å²) in [6.45, 7) is 3.27. The number of nitrogens with one attached hydrogen (secondary N) is 2. The maximum absolute atomic E-state index is 12.6. The lowest BCUT2D eigenvalue weighted by Gasteiger charge is -2.26. The number of hydrogen-bond donors (Lipinski definition) is 2. The molecule has 0 aliphatic carbocycles. The van der Waals surface area contributed by atoms with Crippen molar-refractivity contribution in [2.45, 2.75) is 17.9 Å². The molecule has 1 fully saturated rings. The van der Waals surface area contributed by atoms with Crippen molar-refractivity contribution in [2.24, 2.45) is 0 Å². The average Bonchev–Trinajstić information content (AvgIpc) is 2.70. The van der Waals surface area contributed by atoms with E-state index in [0.29, 0.717) is 32.0 Å². The molecule has 2 aromatic rings. The molecule has 2 N–H and O–H groups in total. The van der Waals surface area contributed by atoms with Gasteiger partial charge in [-0.2, -0.15) is 4.31 Å². The number of anilines is 2. The van der Waals surface area contributed by atoms with E-state index < -0.39 is 16.1 Å². The summed E-state index contributed by atoms with van der Waals surface area (Å²) < 4.78 is 31.8. The van der Waals surface area contributed by atoms with Gasteiger partial charge >= 0.3 is 0 Å². The number of carbonyl (C=O) groups is 1. The van der Waals surface area contributed by atoms with E-state index in [1.54, 1.807) is 19.1 Å². The zero-order valence-electron chi connectivity index (χ0n) is 15.1. The van der Waals surface area contributed by atoms with Crippen LogP contribution in [0.4, 0.5) is 11.4 Å². The Bertz CT molecular complexity index is 864. The first-order chi connectivity index (χ1) is 13.0. The van der Waals surface area contributed by atoms with E-state index in [1.165, 1.54) is 16.4 Å². The lowest BCUT2D eigenvalue weighted by atomic mass is 10.2. The van der Waals surface area contributed by atoms with Gasteiger partial charge in [0, 0.05) is 24.5 Å². The van der Waals surface area contributed by atoms with Crippen molar-refractivity contribution in [3.05, 3.63) is 54.6 Å². The monoisotopic (exact) mass is 389 g/mol. The van der Waals surface area contributed by atoms with Gasteiger partial charge in [0.05, 0.1) is 18.1 Å². The maximum atomic E-state index is 12.6. The molecule has 7 nitrogen and oxygen atoms in total. The van der Waals surface area contributed by atoms with Gasteiger partial charge in [-0.15, -0.1) is 0 Å². The van der Waals surface area contributed by atoms with Gasteiger partial charge in [0.2, 0.25) is 15.9 Å². The number of para-hydroxylation sites is 1. The van der Waals surface area contributed by atoms with Crippen LogP contribution in [-0.2, 0) is 19.6 Å². The smallest absolute Gasteiger partial charge is 0.246 e. The number of amides is 1. The van der Waals surface area contributed by atoms with Crippen LogP contribution in [0.5, 0.6) is 0 Å². The Morgan fingerprint density at radius 1 is 1.00 bits per heavy atom. The van der Waals surface area contributed by atoms with Crippen LogP contribution in [0.2, 0.25) is 0 Å². The molecule has 0 radical (unpaired) electrons. The van der Waals surface area contributed by atoms with Gasteiger partial charge in [-0.05, 0) is 43.3 Å². The van der Waals surface area contributed by atoms with Gasteiger partial charge in [-0.1, -0.05) is 18.2 Å². The normalized spacial score (nSPS) is 16.5. The highest BCUT2D eigenvalue weighted by atomic mass is 32.2. The summed E-state index contributed by atoms with van der Waals surface area (Å²) in [5, 5.41) is 5.90. The molecule has 2 aromatic carbocycles. The van der Waals surface area contributed by atoms with Crippen LogP contribution in [0.15, 0.2) is 59.5 Å². The molecule has 1 heterocycles. The fourth-order valence-corrected chi connectivity index (χ4v) is 4.15. The summed E-state index contributed by atoms with van der Waals surface area (Å²) in [5.41, 5.74) is 1.40. The van der Waals surface area contributed by atoms with Crippen LogP contribution in [0, 0.1) is 0 Å². The summed E-state index contributed by atoms with van der Waals surface area (Å²) in [5.74, 6) is -0.206. The Kier molecular flexibility index (Phi) is 6.10. The number of nitrogens with zero attached hydrogens (tertiary/aromatic N) is 1. The predicted octanol–water partition coefficient (Wildman–Crippen LogP) is 2.15. The van der Waals surface area contributed by atoms with Gasteiger partial charge in [0.25, 0.3) is 0 Å². The molecule has 8 heteroatoms. The maximum Gasteiger partial charge on any atom is 0.246 e. The minimum Gasteiger partial charge on any atom is -0.379 e. The molecule has 0 bridgehead atoms. The van der Waals surface area contributed by atoms with Gasteiger partial charge in [-0.3, -0.25) is 4.79 Å². The van der Waals surface area contributed by atoms with Crippen LogP contribution in [0.3, 0.4) is 0 Å². The molecule has 3 rings (SSSR count). The standard InChI is InChI=1S/C19H23N3O4S/c1-15(20-16-5-3-2-4-6-16)19(23)21-17-7-9-18(10-8-17)27(24,25)22-11-13-26-14-12-22/h2-10,15,20H,11-14H2,1H3,(H,21,23)/t15-/m1/s1. The lowest BCUT2D eigenvalue weighted by molar-refractivity contribution is -0.116. The van der Waals surface area contributed by atoms with Crippen LogP contribution in [0.25, 0.3) is 0 Å². The van der Waals surface area contributed by atoms with Gasteiger partial charge in [-0.25, -0.2) is 8.42 Å². The van der Waals surface area contributed by atoms with Crippen molar-refractivity contribution >= 4 is 27.3 Å². The Labute approximate surface area is 159 Å². The third kappa shape index (κ3) is 4.85. The van der Waals surface area contributed by atoms with E-state index in [9.17, 15) is 13.2 Å². The Morgan fingerprint density at radius 3 is 2.26 bits per heavy atom. The highest BCUT2D eigenvalue weighted by Gasteiger charge is 2.26. The molecule has 0 spiro atoms. The highest BCUT2D eigenvalue weighted by molar-refractivity contribution is 7.89. The Balaban J connectivity index is 1.62. The molecule has 0 aromatic heterocycles. The van der Waals surface area contributed by atoms with E-state index in [0.717, 1.165) is 5.69 Å². The first kappa shape index (κ1) is 19.3.